The maximum atomic E-state index is 12.1. The average molecular weight is 340 g/mol. The molecule has 0 spiro atoms. The van der Waals surface area contributed by atoms with Crippen molar-refractivity contribution < 1.29 is 4.79 Å². The molecule has 0 radical (unpaired) electrons. The van der Waals surface area contributed by atoms with Gasteiger partial charge < -0.3 is 4.90 Å². The van der Waals surface area contributed by atoms with Gasteiger partial charge in [0.2, 0.25) is 0 Å². The van der Waals surface area contributed by atoms with Crippen LogP contribution < -0.4 is 0 Å². The monoisotopic (exact) mass is 339 g/mol. The van der Waals surface area contributed by atoms with E-state index in [-0.39, 0.29) is 5.78 Å². The predicted molar refractivity (Wildman–Crippen MR) is 89.3 cm³/mol. The fourth-order valence-corrected chi connectivity index (χ4v) is 2.62. The Morgan fingerprint density at radius 2 is 1.80 bits per heavy atom. The van der Waals surface area contributed by atoms with Crippen molar-refractivity contribution >= 4 is 21.7 Å². The first-order valence-corrected chi connectivity index (χ1v) is 8.18. The number of halogens is 1. The van der Waals surface area contributed by atoms with Crippen molar-refractivity contribution in [2.45, 2.75) is 46.1 Å². The normalized spacial score (nSPS) is 12.9. The van der Waals surface area contributed by atoms with Gasteiger partial charge in [-0.15, -0.1) is 0 Å². The molecule has 0 aromatic heterocycles. The van der Waals surface area contributed by atoms with Crippen LogP contribution in [-0.2, 0) is 0 Å². The molecule has 0 N–H and O–H groups in total. The SMILES string of the molecule is CC(C)CC(C)N(C)CCCC(=O)c1ccc(Br)cc1. The molecule has 0 aliphatic rings. The molecule has 0 saturated heterocycles. The van der Waals surface area contributed by atoms with Crippen LogP contribution in [0.15, 0.2) is 28.7 Å². The third kappa shape index (κ3) is 6.19. The zero-order chi connectivity index (χ0) is 15.1. The Hall–Kier alpha value is -0.670. The number of Topliss-reactive ketones (excluding diaryl/α,β-unsaturated/α-hetero) is 1. The molecule has 0 saturated carbocycles. The molecule has 0 amide bonds. The lowest BCUT2D eigenvalue weighted by molar-refractivity contribution is 0.0973. The Morgan fingerprint density at radius 3 is 2.35 bits per heavy atom. The quantitative estimate of drug-likeness (QED) is 0.635. The van der Waals surface area contributed by atoms with E-state index < -0.39 is 0 Å². The van der Waals surface area contributed by atoms with Crippen LogP contribution in [0.25, 0.3) is 0 Å². The first-order valence-electron chi connectivity index (χ1n) is 7.39. The van der Waals surface area contributed by atoms with Crippen LogP contribution in [0.2, 0.25) is 0 Å². The van der Waals surface area contributed by atoms with Crippen molar-refractivity contribution in [2.75, 3.05) is 13.6 Å². The molecule has 1 aromatic carbocycles. The van der Waals surface area contributed by atoms with Crippen molar-refractivity contribution in [3.05, 3.63) is 34.3 Å². The highest BCUT2D eigenvalue weighted by atomic mass is 79.9. The second kappa shape index (κ2) is 8.58. The summed E-state index contributed by atoms with van der Waals surface area (Å²) in [5.74, 6) is 0.958. The van der Waals surface area contributed by atoms with Crippen molar-refractivity contribution in [3.8, 4) is 0 Å². The van der Waals surface area contributed by atoms with Gasteiger partial charge in [-0.2, -0.15) is 0 Å². The molecule has 3 heteroatoms. The van der Waals surface area contributed by atoms with Gasteiger partial charge in [0, 0.05) is 22.5 Å². The van der Waals surface area contributed by atoms with Gasteiger partial charge in [0.25, 0.3) is 0 Å². The Bertz CT molecular complexity index is 414. The molecule has 1 aromatic rings. The van der Waals surface area contributed by atoms with Gasteiger partial charge in [0.05, 0.1) is 0 Å². The number of carbonyl (C=O) groups is 1. The predicted octanol–water partition coefficient (Wildman–Crippen LogP) is 4.78. The summed E-state index contributed by atoms with van der Waals surface area (Å²) in [6.45, 7) is 7.75. The number of nitrogens with zero attached hydrogens (tertiary/aromatic N) is 1. The molecule has 1 atom stereocenters. The molecule has 0 fully saturated rings. The Kier molecular flexibility index (Phi) is 7.46. The smallest absolute Gasteiger partial charge is 0.162 e. The van der Waals surface area contributed by atoms with E-state index in [4.69, 9.17) is 0 Å². The molecule has 0 bridgehead atoms. The van der Waals surface area contributed by atoms with Gasteiger partial charge >= 0.3 is 0 Å². The fourth-order valence-electron chi connectivity index (χ4n) is 2.35. The van der Waals surface area contributed by atoms with Gasteiger partial charge in [-0.25, -0.2) is 0 Å². The number of hydrogen-bond donors (Lipinski definition) is 0. The van der Waals surface area contributed by atoms with Gasteiger partial charge in [-0.05, 0) is 51.4 Å². The van der Waals surface area contributed by atoms with Crippen LogP contribution in [-0.4, -0.2) is 30.3 Å². The molecule has 2 nitrogen and oxygen atoms in total. The van der Waals surface area contributed by atoms with Gasteiger partial charge in [-0.1, -0.05) is 41.9 Å². The topological polar surface area (TPSA) is 20.3 Å². The second-order valence-corrected chi connectivity index (χ2v) is 6.91. The van der Waals surface area contributed by atoms with Gasteiger partial charge in [0.1, 0.15) is 0 Å². The van der Waals surface area contributed by atoms with E-state index in [9.17, 15) is 4.79 Å². The highest BCUT2D eigenvalue weighted by molar-refractivity contribution is 9.10. The van der Waals surface area contributed by atoms with E-state index >= 15 is 0 Å². The van der Waals surface area contributed by atoms with Crippen LogP contribution in [0.1, 0.15) is 50.4 Å². The standard InChI is InChI=1S/C17H26BrNO/c1-13(2)12-14(3)19(4)11-5-6-17(20)15-7-9-16(18)10-8-15/h7-10,13-14H,5-6,11-12H2,1-4H3. The van der Waals surface area contributed by atoms with Crippen molar-refractivity contribution in [1.82, 2.24) is 4.90 Å². The summed E-state index contributed by atoms with van der Waals surface area (Å²) < 4.78 is 1.01. The third-order valence-corrected chi connectivity index (χ3v) is 4.17. The summed E-state index contributed by atoms with van der Waals surface area (Å²) in [6.07, 6.45) is 2.76. The summed E-state index contributed by atoms with van der Waals surface area (Å²) in [5.41, 5.74) is 0.811. The van der Waals surface area contributed by atoms with Crippen molar-refractivity contribution in [2.24, 2.45) is 5.92 Å². The summed E-state index contributed by atoms with van der Waals surface area (Å²) in [5, 5.41) is 0. The van der Waals surface area contributed by atoms with Gasteiger partial charge in [0.15, 0.2) is 5.78 Å². The number of ketones is 1. The van der Waals surface area contributed by atoms with Crippen LogP contribution in [0.3, 0.4) is 0 Å². The van der Waals surface area contributed by atoms with Crippen molar-refractivity contribution in [1.29, 1.82) is 0 Å². The van der Waals surface area contributed by atoms with E-state index in [0.717, 1.165) is 28.9 Å². The fraction of sp³-hybridized carbons (Fsp3) is 0.588. The number of carbonyl (C=O) groups excluding carboxylic acids is 1. The van der Waals surface area contributed by atoms with E-state index in [1.54, 1.807) is 0 Å². The molecule has 0 aliphatic heterocycles. The lowest BCUT2D eigenvalue weighted by atomic mass is 10.0. The minimum absolute atomic E-state index is 0.238. The average Bonchev–Trinajstić information content (AvgIpc) is 2.38. The first-order chi connectivity index (χ1) is 9.40. The molecule has 20 heavy (non-hydrogen) atoms. The molecule has 1 unspecified atom stereocenters. The minimum Gasteiger partial charge on any atom is -0.304 e. The number of benzene rings is 1. The van der Waals surface area contributed by atoms with Crippen LogP contribution in [0.5, 0.6) is 0 Å². The molecular formula is C17H26BrNO. The summed E-state index contributed by atoms with van der Waals surface area (Å²) in [6, 6.07) is 8.20. The minimum atomic E-state index is 0.238. The van der Waals surface area contributed by atoms with E-state index in [2.05, 4.69) is 48.6 Å². The zero-order valence-electron chi connectivity index (χ0n) is 13.0. The molecular weight excluding hydrogens is 314 g/mol. The zero-order valence-corrected chi connectivity index (χ0v) is 14.6. The number of hydrogen-bond acceptors (Lipinski definition) is 2. The van der Waals surface area contributed by atoms with Gasteiger partial charge in [-0.3, -0.25) is 4.79 Å². The van der Waals surface area contributed by atoms with Crippen LogP contribution >= 0.6 is 15.9 Å². The lowest BCUT2D eigenvalue weighted by Gasteiger charge is -2.25. The summed E-state index contributed by atoms with van der Waals surface area (Å²) >= 11 is 3.38. The second-order valence-electron chi connectivity index (χ2n) is 5.99. The molecule has 0 aliphatic carbocycles. The highest BCUT2D eigenvalue weighted by Gasteiger charge is 2.12. The number of rotatable bonds is 8. The Morgan fingerprint density at radius 1 is 1.20 bits per heavy atom. The largest absolute Gasteiger partial charge is 0.304 e. The maximum Gasteiger partial charge on any atom is 0.162 e. The Labute approximate surface area is 131 Å². The van der Waals surface area contributed by atoms with E-state index in [1.807, 2.05) is 24.3 Å². The summed E-state index contributed by atoms with van der Waals surface area (Å²) in [7, 11) is 2.15. The highest BCUT2D eigenvalue weighted by Crippen LogP contribution is 2.14. The third-order valence-electron chi connectivity index (χ3n) is 3.65. The summed E-state index contributed by atoms with van der Waals surface area (Å²) in [4.78, 5) is 14.4. The van der Waals surface area contributed by atoms with Crippen LogP contribution in [0.4, 0.5) is 0 Å². The van der Waals surface area contributed by atoms with Crippen molar-refractivity contribution in [3.63, 3.8) is 0 Å². The molecule has 0 heterocycles. The first kappa shape index (κ1) is 17.4. The molecule has 112 valence electrons. The van der Waals surface area contributed by atoms with E-state index in [1.165, 1.54) is 6.42 Å². The lowest BCUT2D eigenvalue weighted by Crippen LogP contribution is -2.31. The Balaban J connectivity index is 2.33. The molecule has 1 rings (SSSR count). The maximum absolute atomic E-state index is 12.1. The van der Waals surface area contributed by atoms with Crippen LogP contribution in [0, 0.1) is 5.92 Å². The van der Waals surface area contributed by atoms with E-state index in [0.29, 0.717) is 12.5 Å².